The highest BCUT2D eigenvalue weighted by molar-refractivity contribution is 5.81. The van der Waals surface area contributed by atoms with Gasteiger partial charge in [-0.1, -0.05) is 37.0 Å². The van der Waals surface area contributed by atoms with E-state index >= 15 is 0 Å². The Balaban J connectivity index is 1.33. The first-order chi connectivity index (χ1) is 13.8. The van der Waals surface area contributed by atoms with Crippen LogP contribution in [0.5, 0.6) is 11.5 Å². The van der Waals surface area contributed by atoms with Gasteiger partial charge in [-0.15, -0.1) is 0 Å². The maximum atomic E-state index is 5.78. The SMILES string of the molecule is CCCc1noc2cc(OCCOc3ccc4c(CCC)noc4c3)ccc12. The summed E-state index contributed by atoms with van der Waals surface area (Å²) < 4.78 is 22.4. The quantitative estimate of drug-likeness (QED) is 0.365. The lowest BCUT2D eigenvalue weighted by Gasteiger charge is -2.08. The number of rotatable bonds is 9. The van der Waals surface area contributed by atoms with Crippen molar-refractivity contribution in [3.8, 4) is 11.5 Å². The van der Waals surface area contributed by atoms with Gasteiger partial charge in [-0.2, -0.15) is 0 Å². The van der Waals surface area contributed by atoms with Gasteiger partial charge in [-0.05, 0) is 37.1 Å². The normalized spacial score (nSPS) is 11.4. The molecule has 4 aromatic rings. The van der Waals surface area contributed by atoms with E-state index in [4.69, 9.17) is 18.5 Å². The number of aromatic nitrogens is 2. The average Bonchev–Trinajstić information content (AvgIpc) is 3.30. The molecule has 6 heteroatoms. The molecule has 0 aliphatic carbocycles. The third-order valence-electron chi connectivity index (χ3n) is 4.63. The van der Waals surface area contributed by atoms with Gasteiger partial charge < -0.3 is 18.5 Å². The molecule has 0 atom stereocenters. The van der Waals surface area contributed by atoms with Crippen molar-refractivity contribution in [3.05, 3.63) is 47.8 Å². The van der Waals surface area contributed by atoms with Crippen molar-refractivity contribution in [1.82, 2.24) is 10.3 Å². The third-order valence-corrected chi connectivity index (χ3v) is 4.63. The summed E-state index contributed by atoms with van der Waals surface area (Å²) in [5.41, 5.74) is 3.50. The molecule has 0 bridgehead atoms. The van der Waals surface area contributed by atoms with Crippen LogP contribution in [0.1, 0.15) is 38.1 Å². The zero-order valence-corrected chi connectivity index (χ0v) is 16.2. The number of nitrogens with zero attached hydrogens (tertiary/aromatic N) is 2. The van der Waals surface area contributed by atoms with Crippen LogP contribution in [0.25, 0.3) is 21.9 Å². The summed E-state index contributed by atoms with van der Waals surface area (Å²) in [5, 5.41) is 10.4. The van der Waals surface area contributed by atoms with Gasteiger partial charge in [0.2, 0.25) is 0 Å². The standard InChI is InChI=1S/C22H24N2O4/c1-3-5-19-17-9-7-15(13-21(17)27-23-19)25-11-12-26-16-8-10-18-20(6-4-2)24-28-22(18)14-16/h7-10,13-14H,3-6,11-12H2,1-2H3. The molecule has 0 fully saturated rings. The zero-order chi connectivity index (χ0) is 19.3. The fourth-order valence-electron chi connectivity index (χ4n) is 3.27. The first-order valence-corrected chi connectivity index (χ1v) is 9.80. The molecule has 2 aromatic carbocycles. The second kappa shape index (κ2) is 8.33. The minimum atomic E-state index is 0.428. The first-order valence-electron chi connectivity index (χ1n) is 9.80. The molecule has 2 heterocycles. The Kier molecular flexibility index (Phi) is 5.46. The topological polar surface area (TPSA) is 70.5 Å². The van der Waals surface area contributed by atoms with E-state index in [1.54, 1.807) is 0 Å². The Bertz CT molecular complexity index is 981. The van der Waals surface area contributed by atoms with Gasteiger partial charge in [0, 0.05) is 22.9 Å². The lowest BCUT2D eigenvalue weighted by molar-refractivity contribution is 0.217. The molecule has 146 valence electrons. The number of fused-ring (bicyclic) bond motifs is 2. The summed E-state index contributed by atoms with van der Waals surface area (Å²) in [6.45, 7) is 5.11. The fraction of sp³-hybridized carbons (Fsp3) is 0.364. The molecule has 0 radical (unpaired) electrons. The fourth-order valence-corrected chi connectivity index (χ4v) is 3.27. The zero-order valence-electron chi connectivity index (χ0n) is 16.2. The monoisotopic (exact) mass is 380 g/mol. The van der Waals surface area contributed by atoms with Crippen LogP contribution < -0.4 is 9.47 Å². The van der Waals surface area contributed by atoms with Crippen molar-refractivity contribution >= 4 is 21.9 Å². The van der Waals surface area contributed by atoms with Gasteiger partial charge in [-0.3, -0.25) is 0 Å². The van der Waals surface area contributed by atoms with E-state index in [9.17, 15) is 0 Å². The van der Waals surface area contributed by atoms with Gasteiger partial charge in [0.1, 0.15) is 24.7 Å². The molecule has 0 aliphatic rings. The van der Waals surface area contributed by atoms with E-state index in [-0.39, 0.29) is 0 Å². The molecule has 0 unspecified atom stereocenters. The number of ether oxygens (including phenoxy) is 2. The van der Waals surface area contributed by atoms with Crippen LogP contribution in [-0.4, -0.2) is 23.5 Å². The average molecular weight is 380 g/mol. The molecule has 28 heavy (non-hydrogen) atoms. The van der Waals surface area contributed by atoms with E-state index < -0.39 is 0 Å². The molecule has 0 saturated carbocycles. The molecule has 0 amide bonds. The highest BCUT2D eigenvalue weighted by atomic mass is 16.5. The lowest BCUT2D eigenvalue weighted by atomic mass is 10.1. The second-order valence-electron chi connectivity index (χ2n) is 6.77. The molecular weight excluding hydrogens is 356 g/mol. The smallest absolute Gasteiger partial charge is 0.170 e. The van der Waals surface area contributed by atoms with Crippen LogP contribution in [0.2, 0.25) is 0 Å². The van der Waals surface area contributed by atoms with Crippen molar-refractivity contribution < 1.29 is 18.5 Å². The van der Waals surface area contributed by atoms with Crippen molar-refractivity contribution in [2.75, 3.05) is 13.2 Å². The molecule has 0 spiro atoms. The van der Waals surface area contributed by atoms with Gasteiger partial charge in [0.05, 0.1) is 11.4 Å². The molecule has 0 aliphatic heterocycles. The molecule has 0 N–H and O–H groups in total. The van der Waals surface area contributed by atoms with Crippen molar-refractivity contribution in [3.63, 3.8) is 0 Å². The van der Waals surface area contributed by atoms with Gasteiger partial charge in [-0.25, -0.2) is 0 Å². The Labute approximate surface area is 163 Å². The van der Waals surface area contributed by atoms with E-state index in [0.717, 1.165) is 70.5 Å². The summed E-state index contributed by atoms with van der Waals surface area (Å²) in [7, 11) is 0. The number of hydrogen-bond acceptors (Lipinski definition) is 6. The summed E-state index contributed by atoms with van der Waals surface area (Å²) in [5.74, 6) is 1.48. The van der Waals surface area contributed by atoms with Crippen molar-refractivity contribution in [1.29, 1.82) is 0 Å². The van der Waals surface area contributed by atoms with E-state index in [2.05, 4.69) is 24.2 Å². The second-order valence-corrected chi connectivity index (χ2v) is 6.77. The maximum Gasteiger partial charge on any atom is 0.170 e. The Morgan fingerprint density at radius 2 is 1.18 bits per heavy atom. The molecule has 6 nitrogen and oxygen atoms in total. The van der Waals surface area contributed by atoms with E-state index in [0.29, 0.717) is 13.2 Å². The highest BCUT2D eigenvalue weighted by Gasteiger charge is 2.10. The maximum absolute atomic E-state index is 5.78. The number of benzene rings is 2. The Hall–Kier alpha value is -3.02. The van der Waals surface area contributed by atoms with Gasteiger partial charge >= 0.3 is 0 Å². The molecule has 0 saturated heterocycles. The van der Waals surface area contributed by atoms with Crippen LogP contribution in [-0.2, 0) is 12.8 Å². The summed E-state index contributed by atoms with van der Waals surface area (Å²) in [6.07, 6.45) is 3.90. The van der Waals surface area contributed by atoms with Gasteiger partial charge in [0.15, 0.2) is 11.2 Å². The predicted molar refractivity (Wildman–Crippen MR) is 107 cm³/mol. The number of aryl methyl sites for hydroxylation is 2. The highest BCUT2D eigenvalue weighted by Crippen LogP contribution is 2.26. The largest absolute Gasteiger partial charge is 0.490 e. The third kappa shape index (κ3) is 3.81. The Morgan fingerprint density at radius 3 is 1.61 bits per heavy atom. The minimum Gasteiger partial charge on any atom is -0.490 e. The summed E-state index contributed by atoms with van der Waals surface area (Å²) in [4.78, 5) is 0. The molecule has 2 aromatic heterocycles. The van der Waals surface area contributed by atoms with Crippen molar-refractivity contribution in [2.45, 2.75) is 39.5 Å². The molecular formula is C22H24N2O4. The summed E-state index contributed by atoms with van der Waals surface area (Å²) >= 11 is 0. The minimum absolute atomic E-state index is 0.428. The van der Waals surface area contributed by atoms with E-state index in [1.165, 1.54) is 0 Å². The van der Waals surface area contributed by atoms with E-state index in [1.807, 2.05) is 36.4 Å². The number of hydrogen-bond donors (Lipinski definition) is 0. The van der Waals surface area contributed by atoms with Crippen LogP contribution in [0, 0.1) is 0 Å². The van der Waals surface area contributed by atoms with Crippen LogP contribution >= 0.6 is 0 Å². The first kappa shape index (κ1) is 18.3. The predicted octanol–water partition coefficient (Wildman–Crippen LogP) is 5.33. The van der Waals surface area contributed by atoms with Crippen LogP contribution in [0.15, 0.2) is 45.4 Å². The molecule has 4 rings (SSSR count). The van der Waals surface area contributed by atoms with Gasteiger partial charge in [0.25, 0.3) is 0 Å². The van der Waals surface area contributed by atoms with Crippen molar-refractivity contribution in [2.24, 2.45) is 0 Å². The summed E-state index contributed by atoms with van der Waals surface area (Å²) in [6, 6.07) is 11.6. The van der Waals surface area contributed by atoms with Crippen LogP contribution in [0.3, 0.4) is 0 Å². The lowest BCUT2D eigenvalue weighted by Crippen LogP contribution is -2.08. The van der Waals surface area contributed by atoms with Crippen LogP contribution in [0.4, 0.5) is 0 Å². The Morgan fingerprint density at radius 1 is 0.714 bits per heavy atom.